The van der Waals surface area contributed by atoms with E-state index in [1.165, 1.54) is 89.9 Å². The first-order valence-corrected chi connectivity index (χ1v) is 9.39. The third-order valence-corrected chi connectivity index (χ3v) is 4.39. The molecular formula is C20H40. The summed E-state index contributed by atoms with van der Waals surface area (Å²) >= 11 is 0. The maximum Gasteiger partial charge on any atom is -0.0443 e. The molecule has 1 unspecified atom stereocenters. The van der Waals surface area contributed by atoms with Crippen LogP contribution in [0.5, 0.6) is 0 Å². The minimum absolute atomic E-state index is 0.939. The molecule has 0 saturated heterocycles. The van der Waals surface area contributed by atoms with Gasteiger partial charge in [0.2, 0.25) is 0 Å². The SMILES string of the molecule is [CH2]CCCCCCCCCCCCC(C)CCCC[CH2]. The van der Waals surface area contributed by atoms with E-state index >= 15 is 0 Å². The molecular weight excluding hydrogens is 240 g/mol. The van der Waals surface area contributed by atoms with Crippen molar-refractivity contribution < 1.29 is 0 Å². The Morgan fingerprint density at radius 2 is 0.800 bits per heavy atom. The Morgan fingerprint density at radius 3 is 1.25 bits per heavy atom. The second kappa shape index (κ2) is 17.1. The van der Waals surface area contributed by atoms with Gasteiger partial charge in [0.25, 0.3) is 0 Å². The zero-order valence-corrected chi connectivity index (χ0v) is 14.3. The van der Waals surface area contributed by atoms with E-state index in [-0.39, 0.29) is 0 Å². The van der Waals surface area contributed by atoms with E-state index in [9.17, 15) is 0 Å². The van der Waals surface area contributed by atoms with Gasteiger partial charge >= 0.3 is 0 Å². The molecule has 0 saturated carbocycles. The Morgan fingerprint density at radius 1 is 0.500 bits per heavy atom. The van der Waals surface area contributed by atoms with Crippen LogP contribution in [-0.4, -0.2) is 0 Å². The van der Waals surface area contributed by atoms with Gasteiger partial charge in [-0.25, -0.2) is 0 Å². The molecule has 0 aliphatic carbocycles. The Balaban J connectivity index is 3.05. The lowest BCUT2D eigenvalue weighted by molar-refractivity contribution is 0.437. The van der Waals surface area contributed by atoms with Gasteiger partial charge in [-0.15, -0.1) is 0 Å². The molecule has 0 heteroatoms. The van der Waals surface area contributed by atoms with Gasteiger partial charge in [-0.3, -0.25) is 0 Å². The van der Waals surface area contributed by atoms with Crippen LogP contribution in [0.15, 0.2) is 0 Å². The molecule has 0 aliphatic heterocycles. The predicted molar refractivity (Wildman–Crippen MR) is 93.8 cm³/mol. The number of hydrogen-bond acceptors (Lipinski definition) is 0. The van der Waals surface area contributed by atoms with Gasteiger partial charge in [-0.05, 0) is 5.92 Å². The topological polar surface area (TPSA) is 0 Å². The van der Waals surface area contributed by atoms with Crippen molar-refractivity contribution in [1.82, 2.24) is 0 Å². The summed E-state index contributed by atoms with van der Waals surface area (Å²) in [6.45, 7) is 10.2. The maximum atomic E-state index is 3.91. The molecule has 0 aromatic heterocycles. The fraction of sp³-hybridized carbons (Fsp3) is 0.900. The summed E-state index contributed by atoms with van der Waals surface area (Å²) in [5.74, 6) is 0.939. The van der Waals surface area contributed by atoms with Crippen LogP contribution in [0.2, 0.25) is 0 Å². The highest BCUT2D eigenvalue weighted by Crippen LogP contribution is 2.18. The fourth-order valence-corrected chi connectivity index (χ4v) is 2.90. The smallest absolute Gasteiger partial charge is 0.0443 e. The van der Waals surface area contributed by atoms with Gasteiger partial charge in [0.15, 0.2) is 0 Å². The highest BCUT2D eigenvalue weighted by atomic mass is 14.1. The van der Waals surface area contributed by atoms with Crippen molar-refractivity contribution in [3.05, 3.63) is 13.8 Å². The van der Waals surface area contributed by atoms with Crippen molar-refractivity contribution in [3.8, 4) is 0 Å². The quantitative estimate of drug-likeness (QED) is 0.256. The summed E-state index contributed by atoms with van der Waals surface area (Å²) in [6.07, 6.45) is 22.2. The molecule has 0 heterocycles. The third-order valence-electron chi connectivity index (χ3n) is 4.39. The van der Waals surface area contributed by atoms with Gasteiger partial charge in [0.1, 0.15) is 0 Å². The summed E-state index contributed by atoms with van der Waals surface area (Å²) in [4.78, 5) is 0. The van der Waals surface area contributed by atoms with Gasteiger partial charge in [-0.2, -0.15) is 0 Å². The van der Waals surface area contributed by atoms with E-state index in [1.54, 1.807) is 0 Å². The molecule has 0 aromatic carbocycles. The number of unbranched alkanes of at least 4 members (excludes halogenated alkanes) is 12. The molecule has 1 atom stereocenters. The van der Waals surface area contributed by atoms with Gasteiger partial charge in [0, 0.05) is 0 Å². The molecule has 0 nitrogen and oxygen atoms in total. The summed E-state index contributed by atoms with van der Waals surface area (Å²) in [5, 5.41) is 0. The fourth-order valence-electron chi connectivity index (χ4n) is 2.90. The van der Waals surface area contributed by atoms with Gasteiger partial charge in [0.05, 0.1) is 0 Å². The molecule has 0 N–H and O–H groups in total. The standard InChI is InChI=1S/C20H40/c1-4-6-8-9-10-11-12-13-14-15-17-19-20(3)18-16-7-5-2/h20H,1-2,4-19H2,3H3. The average Bonchev–Trinajstić information content (AvgIpc) is 2.45. The van der Waals surface area contributed by atoms with Crippen molar-refractivity contribution >= 4 is 0 Å². The van der Waals surface area contributed by atoms with Crippen molar-refractivity contribution in [2.24, 2.45) is 5.92 Å². The average molecular weight is 281 g/mol. The van der Waals surface area contributed by atoms with E-state index < -0.39 is 0 Å². The molecule has 120 valence electrons. The molecule has 0 spiro atoms. The van der Waals surface area contributed by atoms with Gasteiger partial charge < -0.3 is 0 Å². The van der Waals surface area contributed by atoms with Crippen LogP contribution in [0.3, 0.4) is 0 Å². The Bertz CT molecular complexity index is 161. The molecule has 0 aromatic rings. The van der Waals surface area contributed by atoms with Crippen molar-refractivity contribution in [2.75, 3.05) is 0 Å². The zero-order valence-electron chi connectivity index (χ0n) is 14.3. The van der Waals surface area contributed by atoms with E-state index in [2.05, 4.69) is 20.8 Å². The number of rotatable bonds is 16. The minimum atomic E-state index is 0.939. The molecule has 0 amide bonds. The Labute approximate surface area is 130 Å². The van der Waals surface area contributed by atoms with Crippen molar-refractivity contribution in [2.45, 2.75) is 110 Å². The Hall–Kier alpha value is 0. The van der Waals surface area contributed by atoms with E-state index in [4.69, 9.17) is 0 Å². The minimum Gasteiger partial charge on any atom is -0.0625 e. The lowest BCUT2D eigenvalue weighted by Gasteiger charge is -2.10. The molecule has 2 radical (unpaired) electrons. The maximum absolute atomic E-state index is 3.91. The largest absolute Gasteiger partial charge is 0.0625 e. The predicted octanol–water partition coefficient (Wildman–Crippen LogP) is 7.53. The molecule has 0 rings (SSSR count). The van der Waals surface area contributed by atoms with E-state index in [0.29, 0.717) is 0 Å². The monoisotopic (exact) mass is 280 g/mol. The first-order chi connectivity index (χ1) is 9.81. The first kappa shape index (κ1) is 20.0. The van der Waals surface area contributed by atoms with Crippen molar-refractivity contribution in [3.63, 3.8) is 0 Å². The lowest BCUT2D eigenvalue weighted by Crippen LogP contribution is -1.94. The highest BCUT2D eigenvalue weighted by Gasteiger charge is 2.01. The van der Waals surface area contributed by atoms with Gasteiger partial charge in [-0.1, -0.05) is 124 Å². The second-order valence-corrected chi connectivity index (χ2v) is 6.63. The molecule has 0 bridgehead atoms. The first-order valence-electron chi connectivity index (χ1n) is 9.39. The van der Waals surface area contributed by atoms with E-state index in [0.717, 1.165) is 18.8 Å². The van der Waals surface area contributed by atoms with Crippen LogP contribution in [0.25, 0.3) is 0 Å². The normalized spacial score (nSPS) is 12.8. The van der Waals surface area contributed by atoms with Crippen LogP contribution in [0.4, 0.5) is 0 Å². The molecule has 0 fully saturated rings. The summed E-state index contributed by atoms with van der Waals surface area (Å²) in [6, 6.07) is 0. The van der Waals surface area contributed by atoms with Crippen LogP contribution in [-0.2, 0) is 0 Å². The van der Waals surface area contributed by atoms with Crippen LogP contribution in [0, 0.1) is 19.8 Å². The van der Waals surface area contributed by atoms with E-state index in [1.807, 2.05) is 0 Å². The summed E-state index contributed by atoms with van der Waals surface area (Å²) < 4.78 is 0. The third kappa shape index (κ3) is 16.1. The van der Waals surface area contributed by atoms with Crippen LogP contribution < -0.4 is 0 Å². The zero-order chi connectivity index (χ0) is 14.9. The highest BCUT2D eigenvalue weighted by molar-refractivity contribution is 4.56. The molecule has 0 aliphatic rings. The van der Waals surface area contributed by atoms with Crippen molar-refractivity contribution in [1.29, 1.82) is 0 Å². The van der Waals surface area contributed by atoms with Crippen LogP contribution >= 0.6 is 0 Å². The molecule has 20 heavy (non-hydrogen) atoms. The summed E-state index contributed by atoms with van der Waals surface area (Å²) in [7, 11) is 0. The lowest BCUT2D eigenvalue weighted by atomic mass is 9.96. The van der Waals surface area contributed by atoms with Crippen LogP contribution in [0.1, 0.15) is 110 Å². The second-order valence-electron chi connectivity index (χ2n) is 6.63. The number of hydrogen-bond donors (Lipinski definition) is 0. The summed E-state index contributed by atoms with van der Waals surface area (Å²) in [5.41, 5.74) is 0. The Kier molecular flexibility index (Phi) is 17.1.